The lowest BCUT2D eigenvalue weighted by Crippen LogP contribution is -2.29. The van der Waals surface area contributed by atoms with Crippen LogP contribution in [-0.4, -0.2) is 61.5 Å². The first-order chi connectivity index (χ1) is 12.2. The lowest BCUT2D eigenvalue weighted by Gasteiger charge is -2.23. The average molecular weight is 468 g/mol. The van der Waals surface area contributed by atoms with Crippen LogP contribution in [0.3, 0.4) is 0 Å². The van der Waals surface area contributed by atoms with Crippen molar-refractivity contribution in [2.24, 2.45) is 0 Å². The third-order valence-corrected chi connectivity index (χ3v) is 7.12. The molecule has 0 aliphatic carbocycles. The van der Waals surface area contributed by atoms with Crippen LogP contribution in [0, 0.1) is 0 Å². The van der Waals surface area contributed by atoms with Gasteiger partial charge in [-0.25, -0.2) is 0 Å². The summed E-state index contributed by atoms with van der Waals surface area (Å²) in [5.41, 5.74) is 0.611. The smallest absolute Gasteiger partial charge is 0.204 e. The Morgan fingerprint density at radius 2 is 2.00 bits per heavy atom. The van der Waals surface area contributed by atoms with E-state index in [1.807, 2.05) is 17.1 Å². The van der Waals surface area contributed by atoms with Crippen molar-refractivity contribution in [3.05, 3.63) is 26.1 Å². The van der Waals surface area contributed by atoms with Crippen LogP contribution in [-0.2, 0) is 4.74 Å². The first-order valence-electron chi connectivity index (χ1n) is 7.88. The molecule has 0 saturated heterocycles. The SMILES string of the molecule is COCCSCCN(CCSCCO)c1cc(=O)c2scc(Br)c2o1. The minimum absolute atomic E-state index is 0.00741. The van der Waals surface area contributed by atoms with Crippen molar-refractivity contribution in [2.75, 3.05) is 61.3 Å². The van der Waals surface area contributed by atoms with E-state index >= 15 is 0 Å². The van der Waals surface area contributed by atoms with E-state index < -0.39 is 0 Å². The number of fused-ring (bicyclic) bond motifs is 1. The summed E-state index contributed by atoms with van der Waals surface area (Å²) < 4.78 is 12.5. The Kier molecular flexibility index (Phi) is 9.72. The number of rotatable bonds is 12. The van der Waals surface area contributed by atoms with Crippen molar-refractivity contribution >= 4 is 67.0 Å². The Bertz CT molecular complexity index is 706. The zero-order valence-corrected chi connectivity index (χ0v) is 18.1. The molecule has 2 aromatic heterocycles. The molecule has 5 nitrogen and oxygen atoms in total. The summed E-state index contributed by atoms with van der Waals surface area (Å²) in [4.78, 5) is 14.5. The first-order valence-corrected chi connectivity index (χ1v) is 11.9. The molecule has 1 N–H and O–H groups in total. The monoisotopic (exact) mass is 467 g/mol. The second-order valence-corrected chi connectivity index (χ2v) is 9.30. The third kappa shape index (κ3) is 6.48. The molecule has 0 spiro atoms. The lowest BCUT2D eigenvalue weighted by atomic mass is 10.4. The lowest BCUT2D eigenvalue weighted by molar-refractivity contribution is 0.218. The molecule has 0 aliphatic rings. The molecule has 0 unspecified atom stereocenters. The Morgan fingerprint density at radius 1 is 1.28 bits per heavy atom. The van der Waals surface area contributed by atoms with E-state index in [0.29, 0.717) is 16.2 Å². The standard InChI is InChI=1S/C16H22BrNO4S3/c1-21-5-9-24-7-3-18(2-6-23-8-4-19)14-10-13(20)16-15(22-14)12(17)11-25-16/h10-11,19H,2-9H2,1H3. The van der Waals surface area contributed by atoms with Crippen LogP contribution in [0.25, 0.3) is 10.3 Å². The van der Waals surface area contributed by atoms with Gasteiger partial charge in [0, 0.05) is 54.7 Å². The van der Waals surface area contributed by atoms with Gasteiger partial charge < -0.3 is 19.2 Å². The third-order valence-electron chi connectivity index (χ3n) is 3.38. The molecule has 9 heteroatoms. The van der Waals surface area contributed by atoms with E-state index in [-0.39, 0.29) is 12.0 Å². The summed E-state index contributed by atoms with van der Waals surface area (Å²) >= 11 is 8.35. The van der Waals surface area contributed by atoms with E-state index in [0.717, 1.165) is 47.2 Å². The molecule has 0 aromatic carbocycles. The van der Waals surface area contributed by atoms with Gasteiger partial charge in [0.25, 0.3) is 0 Å². The molecule has 2 heterocycles. The predicted molar refractivity (Wildman–Crippen MR) is 114 cm³/mol. The van der Waals surface area contributed by atoms with Gasteiger partial charge in [-0.05, 0) is 15.9 Å². The summed E-state index contributed by atoms with van der Waals surface area (Å²) in [7, 11) is 1.70. The number of ether oxygens (including phenoxy) is 1. The Labute approximate surface area is 168 Å². The number of aliphatic hydroxyl groups excluding tert-OH is 1. The molecular formula is C16H22BrNO4S3. The molecule has 0 fully saturated rings. The number of nitrogens with zero attached hydrogens (tertiary/aromatic N) is 1. The van der Waals surface area contributed by atoms with Gasteiger partial charge in [-0.2, -0.15) is 23.5 Å². The Morgan fingerprint density at radius 3 is 2.68 bits per heavy atom. The maximum Gasteiger partial charge on any atom is 0.204 e. The molecule has 2 aromatic rings. The van der Waals surface area contributed by atoms with Crippen molar-refractivity contribution in [3.63, 3.8) is 0 Å². The predicted octanol–water partition coefficient (Wildman–Crippen LogP) is 3.53. The van der Waals surface area contributed by atoms with Gasteiger partial charge >= 0.3 is 0 Å². The van der Waals surface area contributed by atoms with Crippen molar-refractivity contribution in [3.8, 4) is 0 Å². The summed E-state index contributed by atoms with van der Waals surface area (Å²) in [6, 6.07) is 1.59. The van der Waals surface area contributed by atoms with Crippen LogP contribution in [0.1, 0.15) is 0 Å². The molecule has 0 amide bonds. The maximum absolute atomic E-state index is 12.4. The molecule has 0 radical (unpaired) electrons. The Balaban J connectivity index is 2.09. The van der Waals surface area contributed by atoms with E-state index in [2.05, 4.69) is 20.8 Å². The van der Waals surface area contributed by atoms with Gasteiger partial charge in [0.2, 0.25) is 5.43 Å². The fourth-order valence-electron chi connectivity index (χ4n) is 2.15. The highest BCUT2D eigenvalue weighted by Crippen LogP contribution is 2.31. The molecule has 0 bridgehead atoms. The molecule has 2 rings (SSSR count). The topological polar surface area (TPSA) is 62.9 Å². The summed E-state index contributed by atoms with van der Waals surface area (Å²) in [6.45, 7) is 2.48. The minimum atomic E-state index is -0.00741. The van der Waals surface area contributed by atoms with E-state index in [1.54, 1.807) is 24.9 Å². The summed E-state index contributed by atoms with van der Waals surface area (Å²) in [6.07, 6.45) is 0. The van der Waals surface area contributed by atoms with Gasteiger partial charge in [0.1, 0.15) is 4.70 Å². The van der Waals surface area contributed by atoms with E-state index in [1.165, 1.54) is 11.3 Å². The average Bonchev–Trinajstić information content (AvgIpc) is 2.98. The molecule has 0 aliphatic heterocycles. The van der Waals surface area contributed by atoms with Crippen LogP contribution < -0.4 is 10.3 Å². The van der Waals surface area contributed by atoms with Gasteiger partial charge in [0.15, 0.2) is 11.5 Å². The van der Waals surface area contributed by atoms with Crippen LogP contribution in [0.4, 0.5) is 5.88 Å². The molecule has 0 saturated carbocycles. The molecule has 0 atom stereocenters. The van der Waals surface area contributed by atoms with E-state index in [9.17, 15) is 4.79 Å². The number of thiophene rings is 1. The highest BCUT2D eigenvalue weighted by Gasteiger charge is 2.15. The van der Waals surface area contributed by atoms with Crippen molar-refractivity contribution in [2.45, 2.75) is 0 Å². The first kappa shape index (κ1) is 21.1. The number of thioether (sulfide) groups is 2. The van der Waals surface area contributed by atoms with E-state index in [4.69, 9.17) is 14.3 Å². The van der Waals surface area contributed by atoms with Gasteiger partial charge in [-0.3, -0.25) is 4.79 Å². The van der Waals surface area contributed by atoms with Crippen molar-refractivity contribution in [1.82, 2.24) is 0 Å². The number of halogens is 1. The van der Waals surface area contributed by atoms with Crippen LogP contribution >= 0.6 is 50.8 Å². The van der Waals surface area contributed by atoms with Crippen molar-refractivity contribution in [1.29, 1.82) is 0 Å². The molecule has 140 valence electrons. The maximum atomic E-state index is 12.4. The van der Waals surface area contributed by atoms with Gasteiger partial charge in [-0.15, -0.1) is 11.3 Å². The van der Waals surface area contributed by atoms with Crippen LogP contribution in [0.15, 0.2) is 25.1 Å². The molecule has 25 heavy (non-hydrogen) atoms. The normalized spacial score (nSPS) is 11.3. The number of methoxy groups -OCH3 is 1. The molecular weight excluding hydrogens is 446 g/mol. The van der Waals surface area contributed by atoms with Gasteiger partial charge in [-0.1, -0.05) is 0 Å². The number of hydrogen-bond donors (Lipinski definition) is 1. The summed E-state index contributed by atoms with van der Waals surface area (Å²) in [5, 5.41) is 10.8. The number of anilines is 1. The number of hydrogen-bond acceptors (Lipinski definition) is 8. The van der Waals surface area contributed by atoms with Gasteiger partial charge in [0.05, 0.1) is 17.7 Å². The number of aliphatic hydroxyl groups is 1. The fourth-order valence-corrected chi connectivity index (χ4v) is 5.13. The highest BCUT2D eigenvalue weighted by molar-refractivity contribution is 9.10. The Hall–Kier alpha value is -0.190. The second-order valence-electron chi connectivity index (χ2n) is 5.12. The zero-order chi connectivity index (χ0) is 18.1. The van der Waals surface area contributed by atoms with Crippen LogP contribution in [0.5, 0.6) is 0 Å². The quantitative estimate of drug-likeness (QED) is 0.478. The highest BCUT2D eigenvalue weighted by atomic mass is 79.9. The van der Waals surface area contributed by atoms with Crippen LogP contribution in [0.2, 0.25) is 0 Å². The largest absolute Gasteiger partial charge is 0.438 e. The fraction of sp³-hybridized carbons (Fsp3) is 0.562. The minimum Gasteiger partial charge on any atom is -0.438 e. The summed E-state index contributed by atoms with van der Waals surface area (Å²) in [5.74, 6) is 4.07. The second kappa shape index (κ2) is 11.5. The van der Waals surface area contributed by atoms with Crippen molar-refractivity contribution < 1.29 is 14.3 Å². The zero-order valence-electron chi connectivity index (χ0n) is 14.0.